The summed E-state index contributed by atoms with van der Waals surface area (Å²) in [4.78, 5) is 0. The van der Waals surface area contributed by atoms with Gasteiger partial charge in [0, 0.05) is 17.0 Å². The first-order valence-electron chi connectivity index (χ1n) is 6.83. The molecule has 0 spiro atoms. The van der Waals surface area contributed by atoms with Gasteiger partial charge in [-0.2, -0.15) is 0 Å². The van der Waals surface area contributed by atoms with Crippen molar-refractivity contribution in [2.45, 2.75) is 18.8 Å². The third kappa shape index (κ3) is 3.26. The van der Waals surface area contributed by atoms with Crippen LogP contribution in [0.25, 0.3) is 0 Å². The first-order chi connectivity index (χ1) is 10.0. The Morgan fingerprint density at radius 2 is 1.95 bits per heavy atom. The third-order valence-corrected chi connectivity index (χ3v) is 4.18. The van der Waals surface area contributed by atoms with Gasteiger partial charge in [0.2, 0.25) is 0 Å². The molecule has 3 N–H and O–H groups in total. The van der Waals surface area contributed by atoms with Crippen LogP contribution < -0.4 is 5.73 Å². The molecule has 2 nitrogen and oxygen atoms in total. The summed E-state index contributed by atoms with van der Waals surface area (Å²) in [6.07, 6.45) is 0.303. The Morgan fingerprint density at radius 1 is 1.24 bits per heavy atom. The quantitative estimate of drug-likeness (QED) is 0.891. The van der Waals surface area contributed by atoms with Crippen LogP contribution in [0.4, 0.5) is 4.39 Å². The van der Waals surface area contributed by atoms with Crippen molar-refractivity contribution in [3.63, 3.8) is 0 Å². The lowest BCUT2D eigenvalue weighted by Gasteiger charge is -2.33. The highest BCUT2D eigenvalue weighted by Crippen LogP contribution is 2.31. The number of hydrogen-bond donors (Lipinski definition) is 2. The highest BCUT2D eigenvalue weighted by atomic mass is 35.5. The molecule has 2 rings (SSSR count). The van der Waals surface area contributed by atoms with Crippen molar-refractivity contribution in [1.82, 2.24) is 0 Å². The summed E-state index contributed by atoms with van der Waals surface area (Å²) in [5.74, 6) is -0.334. The topological polar surface area (TPSA) is 46.2 Å². The fourth-order valence-corrected chi connectivity index (χ4v) is 2.89. The first-order valence-corrected chi connectivity index (χ1v) is 7.21. The normalized spacial score (nSPS) is 14.0. The zero-order valence-corrected chi connectivity index (χ0v) is 12.7. The Bertz CT molecular complexity index is 626. The van der Waals surface area contributed by atoms with Crippen LogP contribution >= 0.6 is 11.6 Å². The molecule has 0 aliphatic carbocycles. The molecular weight excluding hydrogens is 289 g/mol. The minimum Gasteiger partial charge on any atom is -0.395 e. The number of aliphatic hydroxyl groups excluding tert-OH is 1. The van der Waals surface area contributed by atoms with Gasteiger partial charge in [0.1, 0.15) is 5.82 Å². The monoisotopic (exact) mass is 307 g/mol. The van der Waals surface area contributed by atoms with Gasteiger partial charge in [-0.05, 0) is 48.2 Å². The highest BCUT2D eigenvalue weighted by Gasteiger charge is 2.32. The van der Waals surface area contributed by atoms with Gasteiger partial charge in [0.05, 0.1) is 6.61 Å². The van der Waals surface area contributed by atoms with Crippen LogP contribution in [0.3, 0.4) is 0 Å². The largest absolute Gasteiger partial charge is 0.395 e. The average molecular weight is 308 g/mol. The average Bonchev–Trinajstić information content (AvgIpc) is 2.49. The molecular formula is C17H19ClFNO. The van der Waals surface area contributed by atoms with Crippen LogP contribution in [0.15, 0.2) is 42.5 Å². The molecule has 1 atom stereocenters. The van der Waals surface area contributed by atoms with Gasteiger partial charge in [0.15, 0.2) is 0 Å². The van der Waals surface area contributed by atoms with E-state index in [0.29, 0.717) is 17.0 Å². The van der Waals surface area contributed by atoms with E-state index in [-0.39, 0.29) is 19.0 Å². The van der Waals surface area contributed by atoms with Gasteiger partial charge < -0.3 is 10.8 Å². The van der Waals surface area contributed by atoms with Gasteiger partial charge >= 0.3 is 0 Å². The van der Waals surface area contributed by atoms with E-state index in [4.69, 9.17) is 17.3 Å². The van der Waals surface area contributed by atoms with Crippen molar-refractivity contribution < 1.29 is 9.50 Å². The van der Waals surface area contributed by atoms with Crippen LogP contribution in [0.1, 0.15) is 16.7 Å². The van der Waals surface area contributed by atoms with E-state index >= 15 is 0 Å². The summed E-state index contributed by atoms with van der Waals surface area (Å²) in [5, 5.41) is 10.4. The van der Waals surface area contributed by atoms with Gasteiger partial charge in [-0.3, -0.25) is 0 Å². The molecule has 0 fully saturated rings. The molecule has 0 aliphatic heterocycles. The summed E-state index contributed by atoms with van der Waals surface area (Å²) in [6, 6.07) is 12.2. The van der Waals surface area contributed by atoms with E-state index in [2.05, 4.69) is 0 Å². The molecule has 0 amide bonds. The fourth-order valence-electron chi connectivity index (χ4n) is 2.69. The Morgan fingerprint density at radius 3 is 2.57 bits per heavy atom. The highest BCUT2D eigenvalue weighted by molar-refractivity contribution is 6.30. The molecule has 4 heteroatoms. The van der Waals surface area contributed by atoms with Crippen LogP contribution in [0.5, 0.6) is 0 Å². The number of nitrogens with two attached hydrogens (primary N) is 1. The molecule has 0 bridgehead atoms. The smallest absolute Gasteiger partial charge is 0.126 e. The molecule has 0 saturated heterocycles. The van der Waals surface area contributed by atoms with Crippen LogP contribution in [0.2, 0.25) is 5.02 Å². The lowest BCUT2D eigenvalue weighted by atomic mass is 9.74. The van der Waals surface area contributed by atoms with Crippen LogP contribution in [0, 0.1) is 12.7 Å². The second-order valence-corrected chi connectivity index (χ2v) is 5.81. The number of hydrogen-bond acceptors (Lipinski definition) is 2. The molecule has 2 aromatic carbocycles. The molecule has 21 heavy (non-hydrogen) atoms. The Balaban J connectivity index is 2.48. The predicted molar refractivity (Wildman–Crippen MR) is 84.1 cm³/mol. The van der Waals surface area contributed by atoms with E-state index in [0.717, 1.165) is 11.1 Å². The third-order valence-electron chi connectivity index (χ3n) is 3.95. The predicted octanol–water partition coefficient (Wildman–Crippen LogP) is 3.22. The van der Waals surface area contributed by atoms with E-state index in [1.807, 2.05) is 31.2 Å². The van der Waals surface area contributed by atoms with E-state index < -0.39 is 5.41 Å². The number of aryl methyl sites for hydroxylation is 1. The summed E-state index contributed by atoms with van der Waals surface area (Å²) in [5.41, 5.74) is 7.66. The van der Waals surface area contributed by atoms with Crippen molar-refractivity contribution >= 4 is 11.6 Å². The molecule has 0 aliphatic rings. The van der Waals surface area contributed by atoms with Gasteiger partial charge in [-0.15, -0.1) is 0 Å². The first kappa shape index (κ1) is 16.0. The zero-order valence-electron chi connectivity index (χ0n) is 11.9. The second-order valence-electron chi connectivity index (χ2n) is 5.37. The second kappa shape index (κ2) is 6.56. The summed E-state index contributed by atoms with van der Waals surface area (Å²) in [6.45, 7) is 2.03. The van der Waals surface area contributed by atoms with Crippen molar-refractivity contribution in [1.29, 1.82) is 0 Å². The van der Waals surface area contributed by atoms with Crippen LogP contribution in [-0.4, -0.2) is 18.3 Å². The van der Waals surface area contributed by atoms with Gasteiger partial charge in [-0.1, -0.05) is 35.9 Å². The maximum atomic E-state index is 14.0. The molecule has 2 aromatic rings. The zero-order chi connectivity index (χ0) is 15.5. The molecule has 0 saturated carbocycles. The standard InChI is InChI=1S/C17H19ClFNO/c1-12-4-2-3-5-15(12)17(10-20,11-21)9-13-8-14(18)6-7-16(13)19/h2-8,21H,9-11,20H2,1H3. The van der Waals surface area contributed by atoms with Gasteiger partial charge in [0.25, 0.3) is 0 Å². The minimum atomic E-state index is -0.711. The molecule has 1 unspecified atom stereocenters. The number of halogens is 2. The maximum absolute atomic E-state index is 14.0. The Labute approximate surface area is 129 Å². The summed E-state index contributed by atoms with van der Waals surface area (Å²) < 4.78 is 14.0. The summed E-state index contributed by atoms with van der Waals surface area (Å²) >= 11 is 5.95. The van der Waals surface area contributed by atoms with E-state index in [9.17, 15) is 9.50 Å². The van der Waals surface area contributed by atoms with Crippen molar-refractivity contribution in [2.24, 2.45) is 5.73 Å². The Kier molecular flexibility index (Phi) is 4.99. The molecule has 112 valence electrons. The van der Waals surface area contributed by atoms with E-state index in [1.54, 1.807) is 6.07 Å². The Hall–Kier alpha value is -1.42. The van der Waals surface area contributed by atoms with Crippen LogP contribution in [-0.2, 0) is 11.8 Å². The lowest BCUT2D eigenvalue weighted by Crippen LogP contribution is -2.41. The van der Waals surface area contributed by atoms with Crippen molar-refractivity contribution in [3.8, 4) is 0 Å². The summed E-state index contributed by atoms with van der Waals surface area (Å²) in [7, 11) is 0. The number of benzene rings is 2. The van der Waals surface area contributed by atoms with Crippen molar-refractivity contribution in [2.75, 3.05) is 13.2 Å². The maximum Gasteiger partial charge on any atom is 0.126 e. The minimum absolute atomic E-state index is 0.152. The van der Waals surface area contributed by atoms with E-state index in [1.165, 1.54) is 12.1 Å². The van der Waals surface area contributed by atoms with Crippen molar-refractivity contribution in [3.05, 3.63) is 70.0 Å². The fraction of sp³-hybridized carbons (Fsp3) is 0.294. The molecule has 0 heterocycles. The molecule has 0 aromatic heterocycles. The number of aliphatic hydroxyl groups is 1. The SMILES string of the molecule is Cc1ccccc1C(CN)(CO)Cc1cc(Cl)ccc1F. The molecule has 0 radical (unpaired) electrons. The van der Waals surface area contributed by atoms with Gasteiger partial charge in [-0.25, -0.2) is 4.39 Å². The lowest BCUT2D eigenvalue weighted by molar-refractivity contribution is 0.194. The number of rotatable bonds is 5.